The van der Waals surface area contributed by atoms with Gasteiger partial charge in [-0.2, -0.15) is 4.98 Å². The number of fused-ring (bicyclic) bond motifs is 1. The molecular weight excluding hydrogens is 458 g/mol. The van der Waals surface area contributed by atoms with Gasteiger partial charge in [-0.05, 0) is 30.7 Å². The van der Waals surface area contributed by atoms with Gasteiger partial charge >= 0.3 is 11.9 Å². The van der Waals surface area contributed by atoms with Gasteiger partial charge in [0.25, 0.3) is 11.5 Å². The van der Waals surface area contributed by atoms with Crippen LogP contribution in [0.1, 0.15) is 42.7 Å². The van der Waals surface area contributed by atoms with Gasteiger partial charge in [0.1, 0.15) is 6.04 Å². The minimum absolute atomic E-state index is 0.0487. The molecule has 3 aromatic rings. The van der Waals surface area contributed by atoms with Gasteiger partial charge in [0.05, 0.1) is 18.4 Å². The third-order valence-corrected chi connectivity index (χ3v) is 4.71. The van der Waals surface area contributed by atoms with Crippen molar-refractivity contribution in [1.29, 1.82) is 0 Å². The van der Waals surface area contributed by atoms with Gasteiger partial charge in [-0.1, -0.05) is 13.8 Å². The highest BCUT2D eigenvalue weighted by atomic mass is 16.4. The summed E-state index contributed by atoms with van der Waals surface area (Å²) in [6, 6.07) is 5.04. The number of nitrogens with one attached hydrogen (secondary N) is 2. The summed E-state index contributed by atoms with van der Waals surface area (Å²) in [6.45, 7) is 4.30. The number of aromatic nitrogens is 4. The average Bonchev–Trinajstić information content (AvgIpc) is 2.83. The quantitative estimate of drug-likeness (QED) is 0.289. The predicted molar refractivity (Wildman–Crippen MR) is 128 cm³/mol. The van der Waals surface area contributed by atoms with Crippen molar-refractivity contribution in [2.45, 2.75) is 39.3 Å². The molecule has 3 rings (SSSR count). The van der Waals surface area contributed by atoms with Gasteiger partial charge in [0.2, 0.25) is 5.95 Å². The van der Waals surface area contributed by atoms with Crippen molar-refractivity contribution in [3.8, 4) is 0 Å². The van der Waals surface area contributed by atoms with Crippen molar-refractivity contribution in [1.82, 2.24) is 25.3 Å². The zero-order valence-electron chi connectivity index (χ0n) is 19.5. The summed E-state index contributed by atoms with van der Waals surface area (Å²) in [7, 11) is 1.78. The Kier molecular flexibility index (Phi) is 9.20. The highest BCUT2D eigenvalue weighted by Crippen LogP contribution is 2.16. The van der Waals surface area contributed by atoms with Crippen molar-refractivity contribution < 1.29 is 24.6 Å². The van der Waals surface area contributed by atoms with E-state index in [1.807, 2.05) is 18.7 Å². The van der Waals surface area contributed by atoms with Crippen LogP contribution in [-0.4, -0.2) is 61.1 Å². The van der Waals surface area contributed by atoms with E-state index >= 15 is 0 Å². The fourth-order valence-electron chi connectivity index (χ4n) is 3.02. The number of rotatable bonds is 9. The monoisotopic (exact) mass is 485 g/mol. The van der Waals surface area contributed by atoms with Gasteiger partial charge in [0.15, 0.2) is 11.2 Å². The number of hydrogen-bond donors (Lipinski definition) is 5. The second-order valence-corrected chi connectivity index (χ2v) is 7.18. The first-order valence-corrected chi connectivity index (χ1v) is 10.7. The number of aliphatic carboxylic acids is 2. The molecule has 0 spiro atoms. The minimum Gasteiger partial charge on any atom is -0.481 e. The molecule has 0 saturated heterocycles. The molecular formula is C22H27N7O6. The molecule has 1 unspecified atom stereocenters. The lowest BCUT2D eigenvalue weighted by atomic mass is 10.1. The predicted octanol–water partition coefficient (Wildman–Crippen LogP) is 1.01. The number of carbonyl (C=O) groups is 3. The van der Waals surface area contributed by atoms with E-state index in [0.717, 1.165) is 5.69 Å². The second kappa shape index (κ2) is 12.1. The molecule has 2 heterocycles. The normalized spacial score (nSPS) is 11.2. The Hall–Kier alpha value is -4.55. The standard InChI is InChI=1S/C20H21N7O6.C2H6/c1-27(9-11-8-22-16-15(23-11)18(31)26-20(21)25-16)12-4-2-10(3-5-12)17(30)24-13(19(32)33)6-7-14(28)29;1-2/h2-5,8,13H,6-7,9H2,1H3,(H,24,30)(H,28,29)(H,32,33)(H3,21,22,25,26,31);1-2H3. The second-order valence-electron chi connectivity index (χ2n) is 7.18. The Bertz CT molecular complexity index is 1260. The molecule has 6 N–H and O–H groups in total. The maximum absolute atomic E-state index is 12.4. The fraction of sp³-hybridized carbons (Fsp3) is 0.318. The number of nitrogens with zero attached hydrogens (tertiary/aromatic N) is 4. The van der Waals surface area contributed by atoms with Crippen LogP contribution in [0.4, 0.5) is 11.6 Å². The Morgan fingerprint density at radius 1 is 1.14 bits per heavy atom. The lowest BCUT2D eigenvalue weighted by Crippen LogP contribution is -2.41. The van der Waals surface area contributed by atoms with Gasteiger partial charge < -0.3 is 26.2 Å². The van der Waals surface area contributed by atoms with E-state index in [9.17, 15) is 24.3 Å². The third-order valence-electron chi connectivity index (χ3n) is 4.71. The van der Waals surface area contributed by atoms with Gasteiger partial charge in [-0.15, -0.1) is 0 Å². The van der Waals surface area contributed by atoms with E-state index in [4.69, 9.17) is 10.8 Å². The van der Waals surface area contributed by atoms with E-state index in [1.54, 1.807) is 19.2 Å². The first-order chi connectivity index (χ1) is 16.6. The van der Waals surface area contributed by atoms with E-state index in [-0.39, 0.29) is 35.5 Å². The van der Waals surface area contributed by atoms with Crippen LogP contribution in [0, 0.1) is 0 Å². The summed E-state index contributed by atoms with van der Waals surface area (Å²) < 4.78 is 0. The molecule has 0 fully saturated rings. The smallest absolute Gasteiger partial charge is 0.326 e. The number of anilines is 2. The lowest BCUT2D eigenvalue weighted by Gasteiger charge is -2.19. The molecule has 0 aliphatic rings. The number of nitrogen functional groups attached to an aromatic ring is 1. The Morgan fingerprint density at radius 2 is 1.80 bits per heavy atom. The van der Waals surface area contributed by atoms with Gasteiger partial charge in [-0.25, -0.2) is 14.8 Å². The van der Waals surface area contributed by atoms with Crippen LogP contribution in [0.25, 0.3) is 11.2 Å². The first-order valence-electron chi connectivity index (χ1n) is 10.7. The molecule has 13 nitrogen and oxygen atoms in total. The number of amides is 1. The molecule has 1 aromatic carbocycles. The van der Waals surface area contributed by atoms with E-state index in [1.165, 1.54) is 18.3 Å². The number of H-pyrrole nitrogens is 1. The van der Waals surface area contributed by atoms with Crippen molar-refractivity contribution in [2.75, 3.05) is 17.7 Å². The summed E-state index contributed by atoms with van der Waals surface area (Å²) in [5.41, 5.74) is 6.66. The van der Waals surface area contributed by atoms with Crippen LogP contribution in [0.5, 0.6) is 0 Å². The van der Waals surface area contributed by atoms with Gasteiger partial charge in [-0.3, -0.25) is 19.4 Å². The Morgan fingerprint density at radius 3 is 2.40 bits per heavy atom. The number of carbonyl (C=O) groups excluding carboxylic acids is 1. The summed E-state index contributed by atoms with van der Waals surface area (Å²) in [5.74, 6) is -3.14. The fourth-order valence-corrected chi connectivity index (χ4v) is 3.02. The van der Waals surface area contributed by atoms with E-state index in [0.29, 0.717) is 12.2 Å². The van der Waals surface area contributed by atoms with Crippen LogP contribution in [0.2, 0.25) is 0 Å². The van der Waals surface area contributed by atoms with Crippen LogP contribution >= 0.6 is 0 Å². The summed E-state index contributed by atoms with van der Waals surface area (Å²) >= 11 is 0. The molecule has 1 atom stereocenters. The highest BCUT2D eigenvalue weighted by molar-refractivity contribution is 5.97. The molecule has 1 amide bonds. The van der Waals surface area contributed by atoms with Crippen LogP contribution < -0.4 is 21.5 Å². The molecule has 35 heavy (non-hydrogen) atoms. The number of benzene rings is 1. The van der Waals surface area contributed by atoms with Gasteiger partial charge in [0, 0.05) is 24.7 Å². The molecule has 2 aromatic heterocycles. The van der Waals surface area contributed by atoms with Crippen LogP contribution in [0.15, 0.2) is 35.3 Å². The number of carboxylic acids is 2. The maximum atomic E-state index is 12.4. The highest BCUT2D eigenvalue weighted by Gasteiger charge is 2.21. The zero-order chi connectivity index (χ0) is 26.1. The third kappa shape index (κ3) is 7.22. The minimum atomic E-state index is -1.31. The molecule has 0 saturated carbocycles. The molecule has 0 aliphatic heterocycles. The van der Waals surface area contributed by atoms with E-state index in [2.05, 4.69) is 25.3 Å². The number of carboxylic acid groups (broad SMARTS) is 2. The topological polar surface area (TPSA) is 204 Å². The number of nitrogens with two attached hydrogens (primary N) is 1. The lowest BCUT2D eigenvalue weighted by molar-refractivity contribution is -0.140. The van der Waals surface area contributed by atoms with Crippen molar-refractivity contribution in [3.05, 3.63) is 52.1 Å². The Balaban J connectivity index is 0.00000210. The Labute approximate surface area is 200 Å². The first kappa shape index (κ1) is 26.7. The van der Waals surface area contributed by atoms with Crippen molar-refractivity contribution in [2.24, 2.45) is 0 Å². The molecule has 0 radical (unpaired) electrons. The van der Waals surface area contributed by atoms with Crippen molar-refractivity contribution in [3.63, 3.8) is 0 Å². The molecule has 186 valence electrons. The van der Waals surface area contributed by atoms with Crippen molar-refractivity contribution >= 4 is 40.6 Å². The summed E-state index contributed by atoms with van der Waals surface area (Å²) in [4.78, 5) is 62.8. The summed E-state index contributed by atoms with van der Waals surface area (Å²) in [6.07, 6.45) is 0.874. The number of hydrogen-bond acceptors (Lipinski definition) is 9. The van der Waals surface area contributed by atoms with Crippen LogP contribution in [0.3, 0.4) is 0 Å². The zero-order valence-corrected chi connectivity index (χ0v) is 19.5. The summed E-state index contributed by atoms with van der Waals surface area (Å²) in [5, 5.41) is 20.2. The molecule has 13 heteroatoms. The SMILES string of the molecule is CC.CN(Cc1cnc2nc(N)[nH]c(=O)c2n1)c1ccc(C(=O)NC(CCC(=O)O)C(=O)O)cc1. The largest absolute Gasteiger partial charge is 0.481 e. The van der Waals surface area contributed by atoms with Crippen LogP contribution in [-0.2, 0) is 16.1 Å². The van der Waals surface area contributed by atoms with E-state index < -0.39 is 29.4 Å². The molecule has 0 bridgehead atoms. The average molecular weight is 486 g/mol. The number of aromatic amines is 1. The maximum Gasteiger partial charge on any atom is 0.326 e. The molecule has 0 aliphatic carbocycles.